The Morgan fingerprint density at radius 2 is 1.77 bits per heavy atom. The maximum absolute atomic E-state index is 12.3. The first-order valence-electron chi connectivity index (χ1n) is 16.4. The summed E-state index contributed by atoms with van der Waals surface area (Å²) in [5, 5.41) is 27.0. The van der Waals surface area contributed by atoms with Gasteiger partial charge in [-0.05, 0) is 50.1 Å². The second-order valence-electron chi connectivity index (χ2n) is 12.4. The number of hydrogen-bond acceptors (Lipinski definition) is 9. The summed E-state index contributed by atoms with van der Waals surface area (Å²) in [6, 6.07) is 13.0. The molecule has 1 aromatic carbocycles. The molecule has 2 heterocycles. The second-order valence-corrected chi connectivity index (χ2v) is 12.8. The number of carbonyl (C=O) groups is 2. The molecule has 12 heteroatoms. The molecule has 0 fully saturated rings. The van der Waals surface area contributed by atoms with Crippen LogP contribution in [0.25, 0.3) is 5.82 Å². The zero-order chi connectivity index (χ0) is 34.4. The van der Waals surface area contributed by atoms with Gasteiger partial charge in [0, 0.05) is 37.5 Å². The Kier molecular flexibility index (Phi) is 14.3. The number of pyridine rings is 1. The fraction of sp³-hybridized carbons (Fsp3) is 0.514. The van der Waals surface area contributed by atoms with E-state index < -0.39 is 5.41 Å². The molecule has 0 radical (unpaired) electrons. The Labute approximate surface area is 283 Å². The standard InChI is InChI=1S/C35H47ClN8O3/c1-7-9-10-11-12-13-21-43(22-15-18-32(46)47-8-2)26-19-20-28(29(23-26)38-25(3)45)40-41-34-27(24-37)33(35(4,5)6)42-44(34)31-17-14-16-30(36)39-31/h14,16-17,19-20,23H,7-13,15,18,21-22H2,1-6H3,(H,38,45). The molecule has 1 N–H and O–H groups in total. The second kappa shape index (κ2) is 18.1. The van der Waals surface area contributed by atoms with Crippen molar-refractivity contribution in [2.45, 2.75) is 98.3 Å². The number of esters is 1. The van der Waals surface area contributed by atoms with Gasteiger partial charge in [0.2, 0.25) is 5.91 Å². The van der Waals surface area contributed by atoms with Gasteiger partial charge in [-0.2, -0.15) is 15.0 Å². The molecule has 252 valence electrons. The van der Waals surface area contributed by atoms with Gasteiger partial charge in [0.1, 0.15) is 22.5 Å². The lowest BCUT2D eigenvalue weighted by Crippen LogP contribution is -2.26. The molecule has 2 aromatic heterocycles. The molecule has 0 saturated carbocycles. The highest BCUT2D eigenvalue weighted by atomic mass is 35.5. The van der Waals surface area contributed by atoms with Crippen molar-refractivity contribution in [2.75, 3.05) is 29.9 Å². The van der Waals surface area contributed by atoms with E-state index in [0.29, 0.717) is 48.9 Å². The molecule has 0 aliphatic heterocycles. The van der Waals surface area contributed by atoms with E-state index in [2.05, 4.69) is 38.4 Å². The van der Waals surface area contributed by atoms with Gasteiger partial charge in [0.05, 0.1) is 18.0 Å². The van der Waals surface area contributed by atoms with Crippen molar-refractivity contribution in [3.8, 4) is 11.9 Å². The summed E-state index contributed by atoms with van der Waals surface area (Å²) < 4.78 is 6.59. The van der Waals surface area contributed by atoms with Crippen LogP contribution < -0.4 is 10.2 Å². The summed E-state index contributed by atoms with van der Waals surface area (Å²) in [6.07, 6.45) is 7.94. The van der Waals surface area contributed by atoms with Crippen LogP contribution in [-0.2, 0) is 19.7 Å². The summed E-state index contributed by atoms with van der Waals surface area (Å²) in [6.45, 7) is 13.2. The molecule has 0 unspecified atom stereocenters. The number of ether oxygens (including phenoxy) is 1. The molecule has 3 aromatic rings. The Morgan fingerprint density at radius 3 is 2.43 bits per heavy atom. The third-order valence-electron chi connectivity index (χ3n) is 7.40. The average molecular weight is 663 g/mol. The number of aromatic nitrogens is 3. The fourth-order valence-corrected chi connectivity index (χ4v) is 5.26. The number of azo groups is 1. The van der Waals surface area contributed by atoms with Crippen LogP contribution in [0.2, 0.25) is 5.15 Å². The van der Waals surface area contributed by atoms with E-state index in [9.17, 15) is 14.9 Å². The quantitative estimate of drug-likeness (QED) is 0.0659. The topological polar surface area (TPSA) is 138 Å². The molecule has 0 aliphatic rings. The Bertz CT molecular complexity index is 1570. The Balaban J connectivity index is 2.00. The molecular weight excluding hydrogens is 616 g/mol. The van der Waals surface area contributed by atoms with Crippen LogP contribution in [0.5, 0.6) is 0 Å². The fourth-order valence-electron chi connectivity index (χ4n) is 5.10. The van der Waals surface area contributed by atoms with Crippen molar-refractivity contribution in [3.63, 3.8) is 0 Å². The first-order valence-corrected chi connectivity index (χ1v) is 16.8. The highest BCUT2D eigenvalue weighted by Crippen LogP contribution is 2.36. The monoisotopic (exact) mass is 662 g/mol. The number of benzene rings is 1. The zero-order valence-electron chi connectivity index (χ0n) is 28.5. The number of rotatable bonds is 17. The first-order chi connectivity index (χ1) is 22.5. The minimum absolute atomic E-state index is 0.203. The van der Waals surface area contributed by atoms with Gasteiger partial charge in [-0.15, -0.1) is 10.2 Å². The van der Waals surface area contributed by atoms with Gasteiger partial charge in [-0.3, -0.25) is 9.59 Å². The molecule has 0 spiro atoms. The van der Waals surface area contributed by atoms with Gasteiger partial charge in [-0.1, -0.05) is 77.5 Å². The minimum atomic E-state index is -0.463. The first kappa shape index (κ1) is 37.2. The predicted molar refractivity (Wildman–Crippen MR) is 186 cm³/mol. The Morgan fingerprint density at radius 1 is 1.04 bits per heavy atom. The largest absolute Gasteiger partial charge is 0.466 e. The molecule has 1 amide bonds. The van der Waals surface area contributed by atoms with Crippen molar-refractivity contribution in [2.24, 2.45) is 10.2 Å². The van der Waals surface area contributed by atoms with Gasteiger partial charge in [0.15, 0.2) is 11.6 Å². The van der Waals surface area contributed by atoms with E-state index >= 15 is 0 Å². The van der Waals surface area contributed by atoms with Crippen LogP contribution in [-0.4, -0.2) is 46.3 Å². The lowest BCUT2D eigenvalue weighted by Gasteiger charge is -2.26. The number of anilines is 2. The number of carbonyl (C=O) groups excluding carboxylic acids is 2. The highest BCUT2D eigenvalue weighted by molar-refractivity contribution is 6.29. The number of unbranched alkanes of at least 4 members (excludes halogenated alkanes) is 5. The number of nitrogens with zero attached hydrogens (tertiary/aromatic N) is 7. The van der Waals surface area contributed by atoms with Crippen LogP contribution in [0.3, 0.4) is 0 Å². The molecule has 11 nitrogen and oxygen atoms in total. The normalized spacial score (nSPS) is 11.4. The highest BCUT2D eigenvalue weighted by Gasteiger charge is 2.28. The van der Waals surface area contributed by atoms with Crippen molar-refractivity contribution in [1.82, 2.24) is 14.8 Å². The average Bonchev–Trinajstić information content (AvgIpc) is 3.40. The molecule has 47 heavy (non-hydrogen) atoms. The number of hydrogen-bond donors (Lipinski definition) is 1. The zero-order valence-corrected chi connectivity index (χ0v) is 29.2. The predicted octanol–water partition coefficient (Wildman–Crippen LogP) is 8.97. The van der Waals surface area contributed by atoms with E-state index in [-0.39, 0.29) is 28.4 Å². The molecule has 0 aliphatic carbocycles. The smallest absolute Gasteiger partial charge is 0.305 e. The summed E-state index contributed by atoms with van der Waals surface area (Å²) in [7, 11) is 0. The number of halogens is 1. The van der Waals surface area contributed by atoms with Crippen molar-refractivity contribution < 1.29 is 14.3 Å². The van der Waals surface area contributed by atoms with Gasteiger partial charge in [0.25, 0.3) is 0 Å². The van der Waals surface area contributed by atoms with Gasteiger partial charge < -0.3 is 15.0 Å². The van der Waals surface area contributed by atoms with Crippen LogP contribution in [0, 0.1) is 11.3 Å². The Hall–Kier alpha value is -4.30. The van der Waals surface area contributed by atoms with Gasteiger partial charge in [-0.25, -0.2) is 4.98 Å². The third-order valence-corrected chi connectivity index (χ3v) is 7.62. The lowest BCUT2D eigenvalue weighted by molar-refractivity contribution is -0.143. The summed E-state index contributed by atoms with van der Waals surface area (Å²) >= 11 is 6.18. The van der Waals surface area contributed by atoms with Crippen LogP contribution in [0.4, 0.5) is 22.9 Å². The van der Waals surface area contributed by atoms with Crippen LogP contribution >= 0.6 is 11.6 Å². The number of nitrogens with one attached hydrogen (secondary N) is 1. The summed E-state index contributed by atoms with van der Waals surface area (Å²) in [5.41, 5.74) is 2.12. The maximum Gasteiger partial charge on any atom is 0.305 e. The van der Waals surface area contributed by atoms with Crippen LogP contribution in [0.15, 0.2) is 46.6 Å². The summed E-state index contributed by atoms with van der Waals surface area (Å²) in [4.78, 5) is 30.9. The SMILES string of the molecule is CCCCCCCCN(CCCC(=O)OCC)c1ccc(N=Nc2c(C#N)c(C(C)(C)C)nn2-c2cccc(Cl)n2)c(NC(C)=O)c1. The molecule has 0 atom stereocenters. The maximum atomic E-state index is 12.3. The number of amides is 1. The molecule has 0 bridgehead atoms. The minimum Gasteiger partial charge on any atom is -0.466 e. The third kappa shape index (κ3) is 11.2. The van der Waals surface area contributed by atoms with Crippen molar-refractivity contribution in [1.29, 1.82) is 5.26 Å². The van der Waals surface area contributed by atoms with Gasteiger partial charge >= 0.3 is 5.97 Å². The lowest BCUT2D eigenvalue weighted by atomic mass is 9.90. The summed E-state index contributed by atoms with van der Waals surface area (Å²) in [5.74, 6) is 0.127. The van der Waals surface area contributed by atoms with E-state index in [1.54, 1.807) is 31.2 Å². The van der Waals surface area contributed by atoms with E-state index in [0.717, 1.165) is 25.1 Å². The number of nitriles is 1. The van der Waals surface area contributed by atoms with E-state index in [1.165, 1.54) is 37.3 Å². The van der Waals surface area contributed by atoms with Crippen molar-refractivity contribution in [3.05, 3.63) is 52.8 Å². The van der Waals surface area contributed by atoms with E-state index in [1.807, 2.05) is 32.9 Å². The van der Waals surface area contributed by atoms with Crippen LogP contribution in [0.1, 0.15) is 104 Å². The van der Waals surface area contributed by atoms with E-state index in [4.69, 9.17) is 21.4 Å². The van der Waals surface area contributed by atoms with Crippen molar-refractivity contribution >= 4 is 46.4 Å². The molecule has 0 saturated heterocycles. The molecule has 3 rings (SSSR count). The molecular formula is C35H47ClN8O3.